The van der Waals surface area contributed by atoms with Crippen LogP contribution in [0.3, 0.4) is 0 Å². The quantitative estimate of drug-likeness (QED) is 0.693. The number of benzene rings is 2. The van der Waals surface area contributed by atoms with Gasteiger partial charge in [-0.25, -0.2) is 4.98 Å². The summed E-state index contributed by atoms with van der Waals surface area (Å²) in [6.07, 6.45) is 0.862. The number of H-pyrrole nitrogens is 1. The molecule has 4 nitrogen and oxygen atoms in total. The summed E-state index contributed by atoms with van der Waals surface area (Å²) in [4.78, 5) is 8.08. The molecule has 3 rings (SSSR count). The van der Waals surface area contributed by atoms with Crippen LogP contribution in [0, 0.1) is 5.92 Å². The van der Waals surface area contributed by atoms with Crippen LogP contribution in [0.15, 0.2) is 48.5 Å². The van der Waals surface area contributed by atoms with E-state index in [1.807, 2.05) is 36.4 Å². The first kappa shape index (κ1) is 16.5. The second-order valence-electron chi connectivity index (χ2n) is 6.62. The zero-order valence-electron chi connectivity index (χ0n) is 14.3. The number of aromatic nitrogens is 2. The van der Waals surface area contributed by atoms with Crippen molar-refractivity contribution in [2.45, 2.75) is 26.2 Å². The Balaban J connectivity index is 1.70. The van der Waals surface area contributed by atoms with E-state index in [1.54, 1.807) is 0 Å². The Labute approximate surface area is 143 Å². The summed E-state index contributed by atoms with van der Waals surface area (Å²) in [5.74, 6) is 2.58. The molecule has 0 aliphatic rings. The molecule has 0 radical (unpaired) electrons. The van der Waals surface area contributed by atoms with Gasteiger partial charge >= 0.3 is 0 Å². The smallest absolute Gasteiger partial charge is 0.119 e. The van der Waals surface area contributed by atoms with E-state index in [2.05, 4.69) is 35.9 Å². The number of rotatable bonds is 7. The molecule has 0 saturated carbocycles. The maximum absolute atomic E-state index is 6.00. The molecule has 1 unspecified atom stereocenters. The van der Waals surface area contributed by atoms with Crippen LogP contribution in [0.5, 0.6) is 5.75 Å². The number of hydrogen-bond donors (Lipinski definition) is 2. The van der Waals surface area contributed by atoms with Crippen LogP contribution in [-0.2, 0) is 6.42 Å². The molecule has 1 aromatic heterocycles. The molecule has 0 aliphatic heterocycles. The van der Waals surface area contributed by atoms with Crippen molar-refractivity contribution in [2.24, 2.45) is 11.7 Å². The largest absolute Gasteiger partial charge is 0.493 e. The van der Waals surface area contributed by atoms with Crippen LogP contribution < -0.4 is 10.5 Å². The lowest BCUT2D eigenvalue weighted by Gasteiger charge is -2.13. The number of hydrogen-bond acceptors (Lipinski definition) is 3. The maximum atomic E-state index is 6.00. The lowest BCUT2D eigenvalue weighted by atomic mass is 9.99. The van der Waals surface area contributed by atoms with E-state index < -0.39 is 0 Å². The summed E-state index contributed by atoms with van der Waals surface area (Å²) in [5.41, 5.74) is 9.29. The van der Waals surface area contributed by atoms with E-state index in [9.17, 15) is 0 Å². The SMILES string of the molecule is CC(C)COc1ccc(CC(CN)c2nc3ccccc3[nH]2)cc1. The number of ether oxygens (including phenoxy) is 1. The predicted molar refractivity (Wildman–Crippen MR) is 98.4 cm³/mol. The van der Waals surface area contributed by atoms with Crippen molar-refractivity contribution < 1.29 is 4.74 Å². The minimum absolute atomic E-state index is 0.180. The summed E-state index contributed by atoms with van der Waals surface area (Å²) in [5, 5.41) is 0. The van der Waals surface area contributed by atoms with E-state index >= 15 is 0 Å². The van der Waals surface area contributed by atoms with Crippen molar-refractivity contribution in [3.8, 4) is 5.75 Å². The molecule has 126 valence electrons. The van der Waals surface area contributed by atoms with Crippen LogP contribution in [0.2, 0.25) is 0 Å². The third-order valence-corrected chi connectivity index (χ3v) is 4.07. The number of imidazole rings is 1. The van der Waals surface area contributed by atoms with Gasteiger partial charge in [-0.15, -0.1) is 0 Å². The van der Waals surface area contributed by atoms with E-state index in [0.717, 1.165) is 35.6 Å². The van der Waals surface area contributed by atoms with Gasteiger partial charge < -0.3 is 15.5 Å². The second-order valence-corrected chi connectivity index (χ2v) is 6.62. The molecule has 2 aromatic carbocycles. The Hall–Kier alpha value is -2.33. The molecular formula is C20H25N3O. The second kappa shape index (κ2) is 7.49. The minimum Gasteiger partial charge on any atom is -0.493 e. The lowest BCUT2D eigenvalue weighted by Crippen LogP contribution is -2.16. The molecule has 3 aromatic rings. The topological polar surface area (TPSA) is 63.9 Å². The van der Waals surface area contributed by atoms with Crippen molar-refractivity contribution in [1.29, 1.82) is 0 Å². The molecule has 0 fully saturated rings. The Morgan fingerprint density at radius 3 is 2.50 bits per heavy atom. The highest BCUT2D eigenvalue weighted by molar-refractivity contribution is 5.74. The van der Waals surface area contributed by atoms with Crippen LogP contribution in [0.1, 0.15) is 31.2 Å². The molecule has 0 amide bonds. The van der Waals surface area contributed by atoms with E-state index in [1.165, 1.54) is 5.56 Å². The lowest BCUT2D eigenvalue weighted by molar-refractivity contribution is 0.271. The van der Waals surface area contributed by atoms with Crippen LogP contribution in [-0.4, -0.2) is 23.1 Å². The Kier molecular flexibility index (Phi) is 5.16. The van der Waals surface area contributed by atoms with Gasteiger partial charge in [-0.3, -0.25) is 0 Å². The van der Waals surface area contributed by atoms with Crippen molar-refractivity contribution in [1.82, 2.24) is 9.97 Å². The highest BCUT2D eigenvalue weighted by Crippen LogP contribution is 2.22. The zero-order chi connectivity index (χ0) is 16.9. The molecule has 4 heteroatoms. The van der Waals surface area contributed by atoms with Crippen LogP contribution in [0.4, 0.5) is 0 Å². The maximum Gasteiger partial charge on any atom is 0.119 e. The zero-order valence-corrected chi connectivity index (χ0v) is 14.3. The fourth-order valence-corrected chi connectivity index (χ4v) is 2.73. The highest BCUT2D eigenvalue weighted by Gasteiger charge is 2.15. The number of para-hydroxylation sites is 2. The number of nitrogens with two attached hydrogens (primary N) is 1. The summed E-state index contributed by atoms with van der Waals surface area (Å²) in [6.45, 7) is 5.59. The molecule has 24 heavy (non-hydrogen) atoms. The van der Waals surface area contributed by atoms with Crippen molar-refractivity contribution in [3.05, 3.63) is 59.9 Å². The molecule has 0 bridgehead atoms. The average Bonchev–Trinajstić information content (AvgIpc) is 3.02. The molecular weight excluding hydrogens is 298 g/mol. The number of aromatic amines is 1. The minimum atomic E-state index is 0.180. The summed E-state index contributed by atoms with van der Waals surface area (Å²) < 4.78 is 5.74. The summed E-state index contributed by atoms with van der Waals surface area (Å²) in [7, 11) is 0. The first-order chi connectivity index (χ1) is 11.7. The molecule has 0 spiro atoms. The molecule has 0 saturated heterocycles. The number of nitrogens with one attached hydrogen (secondary N) is 1. The van der Waals surface area contributed by atoms with Crippen molar-refractivity contribution in [2.75, 3.05) is 13.2 Å². The van der Waals surface area contributed by atoms with Gasteiger partial charge in [0.05, 0.1) is 17.6 Å². The van der Waals surface area contributed by atoms with Gasteiger partial charge in [0.2, 0.25) is 0 Å². The average molecular weight is 323 g/mol. The first-order valence-corrected chi connectivity index (χ1v) is 8.52. The van der Waals surface area contributed by atoms with Gasteiger partial charge in [-0.1, -0.05) is 38.1 Å². The van der Waals surface area contributed by atoms with Crippen LogP contribution in [0.25, 0.3) is 11.0 Å². The third-order valence-electron chi connectivity index (χ3n) is 4.07. The summed E-state index contributed by atoms with van der Waals surface area (Å²) >= 11 is 0. The van der Waals surface area contributed by atoms with Crippen molar-refractivity contribution in [3.63, 3.8) is 0 Å². The van der Waals surface area contributed by atoms with Gasteiger partial charge in [0.25, 0.3) is 0 Å². The van der Waals surface area contributed by atoms with E-state index in [4.69, 9.17) is 10.5 Å². The molecule has 3 N–H and O–H groups in total. The van der Waals surface area contributed by atoms with Gasteiger partial charge in [-0.2, -0.15) is 0 Å². The standard InChI is InChI=1S/C20H25N3O/c1-14(2)13-24-17-9-7-15(8-10-17)11-16(12-21)20-22-18-5-3-4-6-19(18)23-20/h3-10,14,16H,11-13,21H2,1-2H3,(H,22,23). The van der Waals surface area contributed by atoms with Gasteiger partial charge in [0, 0.05) is 12.5 Å². The van der Waals surface area contributed by atoms with E-state index in [-0.39, 0.29) is 5.92 Å². The Morgan fingerprint density at radius 1 is 1.08 bits per heavy atom. The normalized spacial score (nSPS) is 12.7. The predicted octanol–water partition coefficient (Wildman–Crippen LogP) is 3.88. The fraction of sp³-hybridized carbons (Fsp3) is 0.350. The molecule has 0 aliphatic carbocycles. The monoisotopic (exact) mass is 323 g/mol. The summed E-state index contributed by atoms with van der Waals surface area (Å²) in [6, 6.07) is 16.4. The number of nitrogens with zero attached hydrogens (tertiary/aromatic N) is 1. The Morgan fingerprint density at radius 2 is 1.83 bits per heavy atom. The number of fused-ring (bicyclic) bond motifs is 1. The molecule has 1 atom stereocenters. The third kappa shape index (κ3) is 3.95. The van der Waals surface area contributed by atoms with E-state index in [0.29, 0.717) is 12.5 Å². The van der Waals surface area contributed by atoms with Gasteiger partial charge in [-0.05, 0) is 42.2 Å². The highest BCUT2D eigenvalue weighted by atomic mass is 16.5. The first-order valence-electron chi connectivity index (χ1n) is 8.52. The van der Waals surface area contributed by atoms with Gasteiger partial charge in [0.1, 0.15) is 11.6 Å². The van der Waals surface area contributed by atoms with Crippen LogP contribution >= 0.6 is 0 Å². The fourth-order valence-electron chi connectivity index (χ4n) is 2.73. The van der Waals surface area contributed by atoms with Crippen molar-refractivity contribution >= 4 is 11.0 Å². The Bertz CT molecular complexity index is 744. The molecule has 1 heterocycles. The van der Waals surface area contributed by atoms with Gasteiger partial charge in [0.15, 0.2) is 0 Å².